The summed E-state index contributed by atoms with van der Waals surface area (Å²) in [5.41, 5.74) is 0.625. The van der Waals surface area contributed by atoms with Gasteiger partial charge in [0.1, 0.15) is 5.82 Å². The largest absolute Gasteiger partial charge is 0.394 e. The molecular weight excluding hydrogens is 231 g/mol. The summed E-state index contributed by atoms with van der Waals surface area (Å²) in [5.74, 6) is 0.423. The molecule has 0 unspecified atom stereocenters. The van der Waals surface area contributed by atoms with Gasteiger partial charge < -0.3 is 10.4 Å². The lowest BCUT2D eigenvalue weighted by Crippen LogP contribution is -2.50. The third kappa shape index (κ3) is 3.27. The normalized spacial score (nSPS) is 28.3. The Balaban J connectivity index is 1.95. The highest BCUT2D eigenvalue weighted by Gasteiger charge is 2.32. The summed E-state index contributed by atoms with van der Waals surface area (Å²) in [6.45, 7) is 2.94. The van der Waals surface area contributed by atoms with Crippen molar-refractivity contribution in [2.45, 2.75) is 44.7 Å². The molecule has 1 fully saturated rings. The molecule has 0 aromatic carbocycles. The fourth-order valence-electron chi connectivity index (χ4n) is 2.55. The van der Waals surface area contributed by atoms with Crippen molar-refractivity contribution in [2.24, 2.45) is 5.92 Å². The summed E-state index contributed by atoms with van der Waals surface area (Å²) >= 11 is 0. The lowest BCUT2D eigenvalue weighted by molar-refractivity contribution is 0.104. The minimum absolute atomic E-state index is 0.141. The summed E-state index contributed by atoms with van der Waals surface area (Å²) in [6, 6.07) is 1.48. The van der Waals surface area contributed by atoms with Crippen LogP contribution in [-0.4, -0.2) is 22.2 Å². The maximum atomic E-state index is 13.0. The van der Waals surface area contributed by atoms with Gasteiger partial charge in [-0.25, -0.2) is 4.39 Å². The van der Waals surface area contributed by atoms with E-state index in [1.54, 1.807) is 6.20 Å². The molecule has 1 heterocycles. The molecule has 0 aliphatic heterocycles. The third-order valence-corrected chi connectivity index (χ3v) is 3.96. The van der Waals surface area contributed by atoms with E-state index in [4.69, 9.17) is 0 Å². The van der Waals surface area contributed by atoms with E-state index in [1.165, 1.54) is 12.3 Å². The zero-order valence-electron chi connectivity index (χ0n) is 10.8. The molecule has 3 nitrogen and oxygen atoms in total. The second-order valence-corrected chi connectivity index (χ2v) is 5.49. The average molecular weight is 252 g/mol. The molecule has 100 valence electrons. The van der Waals surface area contributed by atoms with Crippen LogP contribution < -0.4 is 5.32 Å². The summed E-state index contributed by atoms with van der Waals surface area (Å²) < 4.78 is 13.0. The number of pyridine rings is 1. The highest BCUT2D eigenvalue weighted by Crippen LogP contribution is 2.31. The Labute approximate surface area is 107 Å². The minimum atomic E-state index is -0.315. The molecule has 0 saturated heterocycles. The number of nitrogens with one attached hydrogen (secondary N) is 1. The quantitative estimate of drug-likeness (QED) is 0.864. The molecule has 1 saturated carbocycles. The first-order valence-electron chi connectivity index (χ1n) is 6.59. The van der Waals surface area contributed by atoms with Crippen molar-refractivity contribution in [3.63, 3.8) is 0 Å². The van der Waals surface area contributed by atoms with Crippen LogP contribution in [0.5, 0.6) is 0 Å². The Kier molecular flexibility index (Phi) is 4.30. The number of halogens is 1. The zero-order valence-corrected chi connectivity index (χ0v) is 10.8. The standard InChI is InChI=1S/C14H21FN2O/c1-11-2-4-14(10-18,5-3-11)17-8-12-6-13(15)9-16-7-12/h6-7,9,11,17-18H,2-5,8,10H2,1H3. The second kappa shape index (κ2) is 5.76. The topological polar surface area (TPSA) is 45.1 Å². The van der Waals surface area contributed by atoms with Crippen LogP contribution in [0.2, 0.25) is 0 Å². The van der Waals surface area contributed by atoms with Crippen LogP contribution in [0.3, 0.4) is 0 Å². The Morgan fingerprint density at radius 1 is 1.44 bits per heavy atom. The lowest BCUT2D eigenvalue weighted by Gasteiger charge is -2.39. The molecular formula is C14H21FN2O. The Bertz CT molecular complexity index is 389. The van der Waals surface area contributed by atoms with Crippen molar-refractivity contribution >= 4 is 0 Å². The highest BCUT2D eigenvalue weighted by atomic mass is 19.1. The number of nitrogens with zero attached hydrogens (tertiary/aromatic N) is 1. The van der Waals surface area contributed by atoms with Gasteiger partial charge in [0, 0.05) is 18.3 Å². The van der Waals surface area contributed by atoms with Crippen LogP contribution in [0.1, 0.15) is 38.2 Å². The van der Waals surface area contributed by atoms with E-state index in [2.05, 4.69) is 17.2 Å². The molecule has 0 atom stereocenters. The molecule has 0 spiro atoms. The maximum Gasteiger partial charge on any atom is 0.141 e. The SMILES string of the molecule is CC1CCC(CO)(NCc2cncc(F)c2)CC1. The van der Waals surface area contributed by atoms with Gasteiger partial charge in [-0.05, 0) is 43.2 Å². The predicted octanol–water partition coefficient (Wildman–Crippen LogP) is 2.25. The van der Waals surface area contributed by atoms with E-state index in [9.17, 15) is 9.50 Å². The molecule has 0 radical (unpaired) electrons. The fraction of sp³-hybridized carbons (Fsp3) is 0.643. The molecule has 1 aromatic heterocycles. The summed E-state index contributed by atoms with van der Waals surface area (Å²) in [6.07, 6.45) is 7.09. The first-order chi connectivity index (χ1) is 8.63. The van der Waals surface area contributed by atoms with E-state index in [1.807, 2.05) is 0 Å². The Morgan fingerprint density at radius 3 is 2.78 bits per heavy atom. The van der Waals surface area contributed by atoms with Crippen molar-refractivity contribution < 1.29 is 9.50 Å². The maximum absolute atomic E-state index is 13.0. The second-order valence-electron chi connectivity index (χ2n) is 5.49. The van der Waals surface area contributed by atoms with E-state index in [0.29, 0.717) is 6.54 Å². The monoisotopic (exact) mass is 252 g/mol. The molecule has 1 aromatic rings. The number of hydrogen-bond acceptors (Lipinski definition) is 3. The summed E-state index contributed by atoms with van der Waals surface area (Å²) in [5, 5.41) is 13.0. The van der Waals surface area contributed by atoms with E-state index in [-0.39, 0.29) is 18.0 Å². The predicted molar refractivity (Wildman–Crippen MR) is 68.5 cm³/mol. The van der Waals surface area contributed by atoms with Gasteiger partial charge in [-0.15, -0.1) is 0 Å². The van der Waals surface area contributed by atoms with Crippen LogP contribution in [0.15, 0.2) is 18.5 Å². The minimum Gasteiger partial charge on any atom is -0.394 e. The molecule has 1 aliphatic rings. The van der Waals surface area contributed by atoms with Crippen molar-refractivity contribution in [2.75, 3.05) is 6.61 Å². The number of aliphatic hydroxyl groups excluding tert-OH is 1. The molecule has 1 aliphatic carbocycles. The van der Waals surface area contributed by atoms with Crippen LogP contribution in [0.25, 0.3) is 0 Å². The van der Waals surface area contributed by atoms with Gasteiger partial charge in [-0.2, -0.15) is 0 Å². The van der Waals surface area contributed by atoms with Gasteiger partial charge in [0.25, 0.3) is 0 Å². The fourth-order valence-corrected chi connectivity index (χ4v) is 2.55. The lowest BCUT2D eigenvalue weighted by atomic mass is 9.77. The smallest absolute Gasteiger partial charge is 0.141 e. The molecule has 18 heavy (non-hydrogen) atoms. The molecule has 4 heteroatoms. The van der Waals surface area contributed by atoms with Crippen LogP contribution in [-0.2, 0) is 6.54 Å². The molecule has 0 amide bonds. The zero-order chi connectivity index (χ0) is 13.0. The highest BCUT2D eigenvalue weighted by molar-refractivity contribution is 5.10. The number of hydrogen-bond donors (Lipinski definition) is 2. The summed E-state index contributed by atoms with van der Waals surface area (Å²) in [4.78, 5) is 3.83. The van der Waals surface area contributed by atoms with Crippen LogP contribution in [0.4, 0.5) is 4.39 Å². The average Bonchev–Trinajstić information content (AvgIpc) is 2.39. The number of aromatic nitrogens is 1. The first-order valence-corrected chi connectivity index (χ1v) is 6.59. The molecule has 0 bridgehead atoms. The van der Waals surface area contributed by atoms with Crippen molar-refractivity contribution in [3.8, 4) is 0 Å². The molecule has 2 N–H and O–H groups in total. The van der Waals surface area contributed by atoms with Crippen molar-refractivity contribution in [1.29, 1.82) is 0 Å². The van der Waals surface area contributed by atoms with Crippen molar-refractivity contribution in [1.82, 2.24) is 10.3 Å². The van der Waals surface area contributed by atoms with Gasteiger partial charge in [-0.1, -0.05) is 6.92 Å². The van der Waals surface area contributed by atoms with E-state index >= 15 is 0 Å². The van der Waals surface area contributed by atoms with Crippen LogP contribution >= 0.6 is 0 Å². The van der Waals surface area contributed by atoms with Gasteiger partial charge in [0.05, 0.1) is 12.8 Å². The Morgan fingerprint density at radius 2 is 2.17 bits per heavy atom. The van der Waals surface area contributed by atoms with Gasteiger partial charge in [0.15, 0.2) is 0 Å². The van der Waals surface area contributed by atoms with E-state index in [0.717, 1.165) is 37.2 Å². The van der Waals surface area contributed by atoms with Gasteiger partial charge in [-0.3, -0.25) is 4.98 Å². The number of aliphatic hydroxyl groups is 1. The van der Waals surface area contributed by atoms with Gasteiger partial charge >= 0.3 is 0 Å². The Hall–Kier alpha value is -1.00. The van der Waals surface area contributed by atoms with Crippen molar-refractivity contribution in [3.05, 3.63) is 29.8 Å². The number of rotatable bonds is 4. The third-order valence-electron chi connectivity index (χ3n) is 3.96. The van der Waals surface area contributed by atoms with Crippen LogP contribution in [0, 0.1) is 11.7 Å². The molecule has 2 rings (SSSR count). The van der Waals surface area contributed by atoms with E-state index < -0.39 is 0 Å². The first kappa shape index (κ1) is 13.4. The van der Waals surface area contributed by atoms with Gasteiger partial charge in [0.2, 0.25) is 0 Å². The summed E-state index contributed by atoms with van der Waals surface area (Å²) in [7, 11) is 0.